The van der Waals surface area contributed by atoms with Crippen molar-refractivity contribution in [2.75, 3.05) is 49.6 Å². The van der Waals surface area contributed by atoms with Crippen LogP contribution in [0.15, 0.2) is 0 Å². The lowest BCUT2D eigenvalue weighted by Gasteiger charge is -2.07. The van der Waals surface area contributed by atoms with Crippen molar-refractivity contribution < 1.29 is 27.8 Å². The number of hydrogen-bond donors (Lipinski definition) is 5. The Morgan fingerprint density at radius 2 is 1.73 bits per heavy atom. The zero-order valence-corrected chi connectivity index (χ0v) is 15.6. The van der Waals surface area contributed by atoms with Gasteiger partial charge in [-0.1, -0.05) is 11.3 Å². The first kappa shape index (κ1) is 22.3. The van der Waals surface area contributed by atoms with Crippen LogP contribution >= 0.6 is 11.3 Å². The van der Waals surface area contributed by atoms with Crippen molar-refractivity contribution in [2.45, 2.75) is 12.8 Å². The number of nitrogens with two attached hydrogens (primary N) is 1. The first-order valence-electron chi connectivity index (χ1n) is 7.64. The predicted octanol–water partition coefficient (Wildman–Crippen LogP) is -1.09. The highest BCUT2D eigenvalue weighted by Crippen LogP contribution is 2.20. The van der Waals surface area contributed by atoms with Crippen molar-refractivity contribution in [1.29, 1.82) is 0 Å². The first-order valence-corrected chi connectivity index (χ1v) is 9.56. The minimum absolute atomic E-state index is 0.00993. The van der Waals surface area contributed by atoms with Crippen molar-refractivity contribution in [3.05, 3.63) is 0 Å². The van der Waals surface area contributed by atoms with E-state index in [1.54, 1.807) is 0 Å². The van der Waals surface area contributed by atoms with Crippen LogP contribution in [0, 0.1) is 0 Å². The third-order valence-corrected chi connectivity index (χ3v) is 3.88. The fourth-order valence-corrected chi connectivity index (χ4v) is 2.64. The summed E-state index contributed by atoms with van der Waals surface area (Å²) in [4.78, 5) is 23.3. The molecule has 1 rings (SSSR count). The zero-order chi connectivity index (χ0) is 19.2. The molecular weight excluding hydrogens is 388 g/mol. The first-order chi connectivity index (χ1) is 12.5. The third kappa shape index (κ3) is 11.0. The van der Waals surface area contributed by atoms with Gasteiger partial charge in [-0.15, -0.1) is 10.2 Å². The summed E-state index contributed by atoms with van der Waals surface area (Å²) >= 11 is -1.37. The van der Waals surface area contributed by atoms with Crippen LogP contribution < -0.4 is 21.1 Å². The Labute approximate surface area is 156 Å². The summed E-state index contributed by atoms with van der Waals surface area (Å²) in [5.41, 5.74) is 5.26. The Kier molecular flexibility index (Phi) is 11.6. The second-order valence-corrected chi connectivity index (χ2v) is 6.36. The molecule has 0 aliphatic heterocycles. The number of amides is 2. The topological polar surface area (TPSA) is 178 Å². The Balaban J connectivity index is 2.08. The van der Waals surface area contributed by atoms with E-state index >= 15 is 0 Å². The molecule has 26 heavy (non-hydrogen) atoms. The van der Waals surface area contributed by atoms with Gasteiger partial charge in [-0.3, -0.25) is 18.9 Å². The standard InChI is InChI=1S/C12H22N6O6S2/c13-3-5-23-7-8-24-6-4-14-9(19)1-2-10(20)15-11-16-17-12(25-11)18-26(21)22/h1-8,13H2,(H,14,19)(H,17,18)(H,21,22)(H,15,16,20). The zero-order valence-electron chi connectivity index (χ0n) is 13.9. The van der Waals surface area contributed by atoms with Gasteiger partial charge in [-0.2, -0.15) is 0 Å². The molecule has 0 aliphatic rings. The molecule has 0 saturated heterocycles. The van der Waals surface area contributed by atoms with Crippen LogP contribution in [0.1, 0.15) is 12.8 Å². The summed E-state index contributed by atoms with van der Waals surface area (Å²) in [6.07, 6.45) is -0.0239. The summed E-state index contributed by atoms with van der Waals surface area (Å²) in [7, 11) is 0. The number of carbonyl (C=O) groups excluding carboxylic acids is 2. The van der Waals surface area contributed by atoms with Gasteiger partial charge in [0.2, 0.25) is 22.1 Å². The van der Waals surface area contributed by atoms with Crippen LogP contribution in [0.25, 0.3) is 0 Å². The molecule has 148 valence electrons. The van der Waals surface area contributed by atoms with Crippen LogP contribution in [0.4, 0.5) is 10.3 Å². The lowest BCUT2D eigenvalue weighted by Crippen LogP contribution is -2.28. The van der Waals surface area contributed by atoms with E-state index in [0.29, 0.717) is 39.5 Å². The molecule has 1 unspecified atom stereocenters. The van der Waals surface area contributed by atoms with Gasteiger partial charge in [0, 0.05) is 25.9 Å². The number of nitrogens with zero attached hydrogens (tertiary/aromatic N) is 2. The molecule has 12 nitrogen and oxygen atoms in total. The van der Waals surface area contributed by atoms with Gasteiger partial charge < -0.3 is 25.8 Å². The highest BCUT2D eigenvalue weighted by molar-refractivity contribution is 7.80. The predicted molar refractivity (Wildman–Crippen MR) is 95.9 cm³/mol. The maximum Gasteiger partial charge on any atom is 0.261 e. The van der Waals surface area contributed by atoms with Gasteiger partial charge in [0.1, 0.15) is 0 Å². The van der Waals surface area contributed by atoms with E-state index in [-0.39, 0.29) is 29.0 Å². The number of hydrogen-bond acceptors (Lipinski definition) is 9. The number of carbonyl (C=O) groups is 2. The number of ether oxygens (including phenoxy) is 2. The quantitative estimate of drug-likeness (QED) is 0.188. The molecule has 2 amide bonds. The SMILES string of the molecule is NCCOCCOCCNC(=O)CCC(=O)Nc1nnc(NS(=O)O)s1. The number of anilines is 2. The normalized spacial score (nSPS) is 11.8. The number of nitrogens with one attached hydrogen (secondary N) is 3. The van der Waals surface area contributed by atoms with Crippen molar-refractivity contribution >= 4 is 44.7 Å². The van der Waals surface area contributed by atoms with E-state index in [1.165, 1.54) is 0 Å². The average Bonchev–Trinajstić information content (AvgIpc) is 3.01. The largest absolute Gasteiger partial charge is 0.378 e. The molecule has 0 radical (unpaired) electrons. The summed E-state index contributed by atoms with van der Waals surface area (Å²) in [6, 6.07) is 0. The van der Waals surface area contributed by atoms with Crippen LogP contribution in [0.2, 0.25) is 0 Å². The smallest absolute Gasteiger partial charge is 0.261 e. The summed E-state index contributed by atoms with van der Waals surface area (Å²) < 4.78 is 31.7. The van der Waals surface area contributed by atoms with Gasteiger partial charge in [-0.05, 0) is 0 Å². The second-order valence-electron chi connectivity index (χ2n) is 4.68. The van der Waals surface area contributed by atoms with Crippen LogP contribution in [-0.4, -0.2) is 70.3 Å². The maximum atomic E-state index is 11.7. The lowest BCUT2D eigenvalue weighted by molar-refractivity contribution is -0.124. The summed E-state index contributed by atoms with van der Waals surface area (Å²) in [5.74, 6) is -0.695. The van der Waals surface area contributed by atoms with Gasteiger partial charge in [0.25, 0.3) is 11.3 Å². The molecular formula is C12H22N6O6S2. The fraction of sp³-hybridized carbons (Fsp3) is 0.667. The van der Waals surface area contributed by atoms with Gasteiger partial charge in [0.05, 0.1) is 26.4 Å². The molecule has 0 bridgehead atoms. The van der Waals surface area contributed by atoms with Crippen molar-refractivity contribution in [2.24, 2.45) is 5.73 Å². The molecule has 0 fully saturated rings. The molecule has 0 spiro atoms. The lowest BCUT2D eigenvalue weighted by atomic mass is 10.3. The Morgan fingerprint density at radius 3 is 2.42 bits per heavy atom. The molecule has 0 saturated carbocycles. The van der Waals surface area contributed by atoms with Crippen molar-refractivity contribution in [3.8, 4) is 0 Å². The van der Waals surface area contributed by atoms with Gasteiger partial charge in [-0.25, -0.2) is 4.21 Å². The van der Waals surface area contributed by atoms with Crippen LogP contribution in [-0.2, 0) is 30.3 Å². The van der Waals surface area contributed by atoms with E-state index in [9.17, 15) is 13.8 Å². The van der Waals surface area contributed by atoms with E-state index in [0.717, 1.165) is 11.3 Å². The highest BCUT2D eigenvalue weighted by Gasteiger charge is 2.11. The minimum atomic E-state index is -2.26. The molecule has 6 N–H and O–H groups in total. The molecule has 0 aromatic carbocycles. The number of aromatic nitrogens is 2. The molecule has 1 aromatic heterocycles. The Morgan fingerprint density at radius 1 is 1.08 bits per heavy atom. The third-order valence-electron chi connectivity index (χ3n) is 2.63. The summed E-state index contributed by atoms with van der Waals surface area (Å²) in [5, 5.41) is 12.5. The highest BCUT2D eigenvalue weighted by atomic mass is 32.2. The van der Waals surface area contributed by atoms with E-state index in [2.05, 4.69) is 25.6 Å². The molecule has 1 heterocycles. The molecule has 1 atom stereocenters. The van der Waals surface area contributed by atoms with Crippen molar-refractivity contribution in [1.82, 2.24) is 15.5 Å². The average molecular weight is 410 g/mol. The van der Waals surface area contributed by atoms with E-state index < -0.39 is 17.2 Å². The van der Waals surface area contributed by atoms with Crippen LogP contribution in [0.5, 0.6) is 0 Å². The maximum absolute atomic E-state index is 11.7. The fourth-order valence-electron chi connectivity index (χ4n) is 1.55. The van der Waals surface area contributed by atoms with Gasteiger partial charge in [0.15, 0.2) is 0 Å². The molecule has 1 aromatic rings. The summed E-state index contributed by atoms with van der Waals surface area (Å²) in [6.45, 7) is 2.49. The second kappa shape index (κ2) is 13.5. The Hall–Kier alpha value is -1.71. The van der Waals surface area contributed by atoms with Gasteiger partial charge >= 0.3 is 0 Å². The molecule has 14 heteroatoms. The van der Waals surface area contributed by atoms with E-state index in [1.807, 2.05) is 0 Å². The van der Waals surface area contributed by atoms with E-state index in [4.69, 9.17) is 19.8 Å². The monoisotopic (exact) mass is 410 g/mol. The number of rotatable bonds is 14. The Bertz CT molecular complexity index is 586. The minimum Gasteiger partial charge on any atom is -0.378 e. The van der Waals surface area contributed by atoms with Crippen LogP contribution in [0.3, 0.4) is 0 Å². The molecule has 0 aliphatic carbocycles. The van der Waals surface area contributed by atoms with Crippen molar-refractivity contribution in [3.63, 3.8) is 0 Å².